The monoisotopic (exact) mass is 321 g/mol. The lowest BCUT2D eigenvalue weighted by atomic mass is 10.0. The van der Waals surface area contributed by atoms with Crippen molar-refractivity contribution in [1.82, 2.24) is 9.97 Å². The van der Waals surface area contributed by atoms with Crippen LogP contribution in [0, 0.1) is 0 Å². The zero-order valence-electron chi connectivity index (χ0n) is 12.6. The highest BCUT2D eigenvalue weighted by Gasteiger charge is 2.11. The fourth-order valence-corrected chi connectivity index (χ4v) is 2.41. The van der Waals surface area contributed by atoms with Gasteiger partial charge in [0.05, 0.1) is 0 Å². The molecule has 7 heteroatoms. The number of primary amides is 2. The van der Waals surface area contributed by atoms with Crippen LogP contribution in [0.15, 0.2) is 48.7 Å². The van der Waals surface area contributed by atoms with Crippen molar-refractivity contribution in [2.45, 2.75) is 0 Å². The van der Waals surface area contributed by atoms with Crippen molar-refractivity contribution >= 4 is 40.4 Å². The lowest BCUT2D eigenvalue weighted by molar-refractivity contribution is -0.112. The van der Waals surface area contributed by atoms with Crippen LogP contribution >= 0.6 is 0 Å². The van der Waals surface area contributed by atoms with Crippen LogP contribution in [0.25, 0.3) is 22.7 Å². The molecule has 0 aliphatic heterocycles. The summed E-state index contributed by atoms with van der Waals surface area (Å²) in [6, 6.07) is 11.9. The second-order valence-electron chi connectivity index (χ2n) is 5.11. The van der Waals surface area contributed by atoms with Crippen molar-refractivity contribution in [3.63, 3.8) is 0 Å². The molecule has 3 aromatic rings. The number of rotatable bonds is 4. The molecule has 0 fully saturated rings. The van der Waals surface area contributed by atoms with E-state index < -0.39 is 11.9 Å². The SMILES string of the molecule is NC(=O)Nc1ccc2c(C=C(C(N)=O)c3ccccc3)c[nH]c2n1. The lowest BCUT2D eigenvalue weighted by Crippen LogP contribution is -2.19. The lowest BCUT2D eigenvalue weighted by Gasteiger charge is -2.04. The highest BCUT2D eigenvalue weighted by molar-refractivity contribution is 6.24. The maximum Gasteiger partial charge on any atom is 0.317 e. The molecule has 24 heavy (non-hydrogen) atoms. The number of benzene rings is 1. The van der Waals surface area contributed by atoms with Crippen LogP contribution in [0.3, 0.4) is 0 Å². The number of nitrogens with two attached hydrogens (primary N) is 2. The largest absolute Gasteiger partial charge is 0.366 e. The van der Waals surface area contributed by atoms with Gasteiger partial charge in [-0.25, -0.2) is 9.78 Å². The van der Waals surface area contributed by atoms with Crippen LogP contribution in [0.4, 0.5) is 10.6 Å². The maximum absolute atomic E-state index is 11.8. The molecule has 0 saturated carbocycles. The average Bonchev–Trinajstić information content (AvgIpc) is 2.94. The topological polar surface area (TPSA) is 127 Å². The number of urea groups is 1. The molecule has 0 radical (unpaired) electrons. The third kappa shape index (κ3) is 3.09. The first-order valence-corrected chi connectivity index (χ1v) is 7.16. The molecule has 6 N–H and O–H groups in total. The number of amides is 3. The van der Waals surface area contributed by atoms with Crippen LogP contribution in [0.1, 0.15) is 11.1 Å². The summed E-state index contributed by atoms with van der Waals surface area (Å²) in [5.74, 6) is -0.180. The Kier molecular flexibility index (Phi) is 3.98. The maximum atomic E-state index is 11.8. The quantitative estimate of drug-likeness (QED) is 0.549. The number of aromatic amines is 1. The zero-order chi connectivity index (χ0) is 17.1. The Morgan fingerprint density at radius 3 is 2.50 bits per heavy atom. The molecule has 120 valence electrons. The first kappa shape index (κ1) is 15.3. The van der Waals surface area contributed by atoms with Gasteiger partial charge in [-0.2, -0.15) is 0 Å². The first-order chi connectivity index (χ1) is 11.5. The van der Waals surface area contributed by atoms with Gasteiger partial charge in [-0.15, -0.1) is 0 Å². The number of pyridine rings is 1. The molecule has 2 aromatic heterocycles. The highest BCUT2D eigenvalue weighted by atomic mass is 16.2. The summed E-state index contributed by atoms with van der Waals surface area (Å²) in [6.45, 7) is 0. The molecule has 0 aliphatic rings. The van der Waals surface area contributed by atoms with Gasteiger partial charge in [-0.1, -0.05) is 30.3 Å². The van der Waals surface area contributed by atoms with E-state index in [-0.39, 0.29) is 0 Å². The van der Waals surface area contributed by atoms with Crippen molar-refractivity contribution in [3.8, 4) is 0 Å². The number of carbonyl (C=O) groups excluding carboxylic acids is 2. The van der Waals surface area contributed by atoms with Crippen molar-refractivity contribution in [2.75, 3.05) is 5.32 Å². The van der Waals surface area contributed by atoms with E-state index >= 15 is 0 Å². The van der Waals surface area contributed by atoms with Gasteiger partial charge in [0, 0.05) is 22.7 Å². The molecule has 2 heterocycles. The number of anilines is 1. The first-order valence-electron chi connectivity index (χ1n) is 7.16. The fourth-order valence-electron chi connectivity index (χ4n) is 2.41. The minimum atomic E-state index is -0.686. The Morgan fingerprint density at radius 1 is 1.08 bits per heavy atom. The zero-order valence-corrected chi connectivity index (χ0v) is 12.6. The molecule has 0 atom stereocenters. The van der Waals surface area contributed by atoms with Gasteiger partial charge in [-0.05, 0) is 23.8 Å². The second kappa shape index (κ2) is 6.25. The summed E-state index contributed by atoms with van der Waals surface area (Å²) in [5.41, 5.74) is 13.0. The van der Waals surface area contributed by atoms with E-state index in [1.807, 2.05) is 30.3 Å². The van der Waals surface area contributed by atoms with E-state index in [4.69, 9.17) is 11.5 Å². The number of nitrogens with zero attached hydrogens (tertiary/aromatic N) is 1. The number of hydrogen-bond donors (Lipinski definition) is 4. The Hall–Kier alpha value is -3.61. The van der Waals surface area contributed by atoms with Crippen LogP contribution in [-0.4, -0.2) is 21.9 Å². The van der Waals surface area contributed by atoms with Crippen molar-refractivity contribution in [3.05, 3.63) is 59.8 Å². The van der Waals surface area contributed by atoms with Crippen molar-refractivity contribution < 1.29 is 9.59 Å². The molecule has 0 unspecified atom stereocenters. The summed E-state index contributed by atoms with van der Waals surface area (Å²) in [6.07, 6.45) is 3.43. The van der Waals surface area contributed by atoms with Crippen LogP contribution < -0.4 is 16.8 Å². The Bertz CT molecular complexity index is 944. The molecule has 7 nitrogen and oxygen atoms in total. The van der Waals surface area contributed by atoms with E-state index in [1.165, 1.54) is 0 Å². The van der Waals surface area contributed by atoms with E-state index in [0.29, 0.717) is 17.0 Å². The Labute approximate surface area is 137 Å². The van der Waals surface area contributed by atoms with Crippen molar-refractivity contribution in [2.24, 2.45) is 11.5 Å². The van der Waals surface area contributed by atoms with Crippen LogP contribution in [-0.2, 0) is 4.79 Å². The molecule has 0 bridgehead atoms. The second-order valence-corrected chi connectivity index (χ2v) is 5.11. The summed E-state index contributed by atoms with van der Waals surface area (Å²) in [5, 5.41) is 3.20. The summed E-state index contributed by atoms with van der Waals surface area (Å²) in [4.78, 5) is 29.9. The normalized spacial score (nSPS) is 11.4. The number of fused-ring (bicyclic) bond motifs is 1. The standard InChI is InChI=1S/C17H15N5O2/c18-15(23)13(10-4-2-1-3-5-10)8-11-9-20-16-12(11)6-7-14(21-16)22-17(19)24/h1-9H,(H2,18,23)(H4,19,20,21,22,24). The third-order valence-electron chi connectivity index (χ3n) is 3.47. The third-order valence-corrected chi connectivity index (χ3v) is 3.47. The number of aromatic nitrogens is 2. The molecular formula is C17H15N5O2. The minimum absolute atomic E-state index is 0.338. The Balaban J connectivity index is 2.05. The van der Waals surface area contributed by atoms with Crippen LogP contribution in [0.5, 0.6) is 0 Å². The summed E-state index contributed by atoms with van der Waals surface area (Å²) < 4.78 is 0. The van der Waals surface area contributed by atoms with Gasteiger partial charge in [0.2, 0.25) is 5.91 Å². The van der Waals surface area contributed by atoms with Gasteiger partial charge in [0.1, 0.15) is 11.5 Å². The van der Waals surface area contributed by atoms with Crippen LogP contribution in [0.2, 0.25) is 0 Å². The molecule has 0 aliphatic carbocycles. The molecular weight excluding hydrogens is 306 g/mol. The number of hydrogen-bond acceptors (Lipinski definition) is 3. The molecule has 3 rings (SSSR count). The van der Waals surface area contributed by atoms with Gasteiger partial charge in [0.25, 0.3) is 0 Å². The van der Waals surface area contributed by atoms with Gasteiger partial charge < -0.3 is 16.5 Å². The van der Waals surface area contributed by atoms with Gasteiger partial charge in [0.15, 0.2) is 0 Å². The number of nitrogens with one attached hydrogen (secondary N) is 2. The Morgan fingerprint density at radius 2 is 1.83 bits per heavy atom. The van der Waals surface area contributed by atoms with E-state index in [2.05, 4.69) is 15.3 Å². The molecule has 0 saturated heterocycles. The average molecular weight is 321 g/mol. The fraction of sp³-hybridized carbons (Fsp3) is 0. The van der Waals surface area contributed by atoms with E-state index in [0.717, 1.165) is 16.5 Å². The number of carbonyl (C=O) groups is 2. The van der Waals surface area contributed by atoms with Crippen molar-refractivity contribution in [1.29, 1.82) is 0 Å². The molecule has 3 amide bonds. The van der Waals surface area contributed by atoms with Gasteiger partial charge in [-0.3, -0.25) is 10.1 Å². The molecule has 0 spiro atoms. The van der Waals surface area contributed by atoms with Gasteiger partial charge >= 0.3 is 6.03 Å². The smallest absolute Gasteiger partial charge is 0.317 e. The number of H-pyrrole nitrogens is 1. The summed E-state index contributed by atoms with van der Waals surface area (Å²) in [7, 11) is 0. The predicted octanol–water partition coefficient (Wildman–Crippen LogP) is 2.08. The van der Waals surface area contributed by atoms with E-state index in [9.17, 15) is 9.59 Å². The highest BCUT2D eigenvalue weighted by Crippen LogP contribution is 2.24. The summed E-state index contributed by atoms with van der Waals surface area (Å²) >= 11 is 0. The minimum Gasteiger partial charge on any atom is -0.366 e. The van der Waals surface area contributed by atoms with E-state index in [1.54, 1.807) is 24.4 Å². The molecule has 1 aromatic carbocycles. The predicted molar refractivity (Wildman–Crippen MR) is 92.8 cm³/mol.